The van der Waals surface area contributed by atoms with E-state index >= 15 is 0 Å². The third-order valence-corrected chi connectivity index (χ3v) is 6.23. The van der Waals surface area contributed by atoms with Crippen LogP contribution in [0.5, 0.6) is 0 Å². The molecule has 0 aliphatic carbocycles. The molecular formula is C25H25N3O3S. The molecule has 3 amide bonds. The number of carbonyl (C=O) groups is 3. The highest BCUT2D eigenvalue weighted by atomic mass is 32.1. The van der Waals surface area contributed by atoms with Crippen molar-refractivity contribution in [2.75, 3.05) is 16.8 Å². The van der Waals surface area contributed by atoms with Gasteiger partial charge in [0.1, 0.15) is 6.04 Å². The molecule has 0 radical (unpaired) electrons. The highest BCUT2D eigenvalue weighted by Crippen LogP contribution is 2.31. The van der Waals surface area contributed by atoms with E-state index in [2.05, 4.69) is 10.6 Å². The SMILES string of the molecule is Cc1ccc(NC(=O)C2CCc3ccccc3N2C(=O)CCNC(=O)c2ccsc2)cc1. The van der Waals surface area contributed by atoms with Crippen LogP contribution in [0.3, 0.4) is 0 Å². The summed E-state index contributed by atoms with van der Waals surface area (Å²) in [6.45, 7) is 2.19. The van der Waals surface area contributed by atoms with Crippen LogP contribution in [0.15, 0.2) is 65.4 Å². The predicted molar refractivity (Wildman–Crippen MR) is 127 cm³/mol. The maximum Gasteiger partial charge on any atom is 0.252 e. The first-order valence-electron chi connectivity index (χ1n) is 10.6. The summed E-state index contributed by atoms with van der Waals surface area (Å²) in [7, 11) is 0. The molecular weight excluding hydrogens is 422 g/mol. The fourth-order valence-corrected chi connectivity index (χ4v) is 4.50. The average Bonchev–Trinajstić information content (AvgIpc) is 3.35. The van der Waals surface area contributed by atoms with Gasteiger partial charge in [-0.05, 0) is 55.0 Å². The van der Waals surface area contributed by atoms with E-state index in [0.29, 0.717) is 17.7 Å². The fourth-order valence-electron chi connectivity index (χ4n) is 3.86. The predicted octanol–water partition coefficient (Wildman–Crippen LogP) is 4.16. The number of amides is 3. The van der Waals surface area contributed by atoms with Crippen molar-refractivity contribution >= 4 is 40.4 Å². The number of fused-ring (bicyclic) bond motifs is 1. The molecule has 0 saturated heterocycles. The van der Waals surface area contributed by atoms with Gasteiger partial charge >= 0.3 is 0 Å². The van der Waals surface area contributed by atoms with E-state index in [-0.39, 0.29) is 30.7 Å². The lowest BCUT2D eigenvalue weighted by Crippen LogP contribution is -2.50. The van der Waals surface area contributed by atoms with E-state index in [1.807, 2.05) is 60.8 Å². The zero-order valence-electron chi connectivity index (χ0n) is 17.8. The van der Waals surface area contributed by atoms with Gasteiger partial charge in [0.2, 0.25) is 11.8 Å². The minimum Gasteiger partial charge on any atom is -0.351 e. The van der Waals surface area contributed by atoms with Crippen LogP contribution in [-0.2, 0) is 16.0 Å². The van der Waals surface area contributed by atoms with E-state index in [9.17, 15) is 14.4 Å². The van der Waals surface area contributed by atoms with Crippen molar-refractivity contribution in [2.45, 2.75) is 32.2 Å². The van der Waals surface area contributed by atoms with Crippen LogP contribution in [-0.4, -0.2) is 30.3 Å². The molecule has 2 aromatic carbocycles. The summed E-state index contributed by atoms with van der Waals surface area (Å²) in [4.78, 5) is 40.1. The lowest BCUT2D eigenvalue weighted by atomic mass is 9.94. The molecule has 4 rings (SSSR count). The van der Waals surface area contributed by atoms with Crippen molar-refractivity contribution in [2.24, 2.45) is 0 Å². The Hall–Kier alpha value is -3.45. The summed E-state index contributed by atoms with van der Waals surface area (Å²) in [5.41, 5.74) is 4.20. The first-order chi connectivity index (χ1) is 15.5. The molecule has 0 fully saturated rings. The van der Waals surface area contributed by atoms with Crippen molar-refractivity contribution in [3.63, 3.8) is 0 Å². The minimum atomic E-state index is -0.605. The molecule has 0 bridgehead atoms. The Balaban J connectivity index is 1.48. The number of carbonyl (C=O) groups excluding carboxylic acids is 3. The lowest BCUT2D eigenvalue weighted by molar-refractivity contribution is -0.123. The Morgan fingerprint density at radius 2 is 1.84 bits per heavy atom. The third kappa shape index (κ3) is 4.89. The summed E-state index contributed by atoms with van der Waals surface area (Å²) in [6.07, 6.45) is 1.38. The Morgan fingerprint density at radius 1 is 1.06 bits per heavy atom. The van der Waals surface area contributed by atoms with E-state index in [4.69, 9.17) is 0 Å². The van der Waals surface area contributed by atoms with Crippen molar-refractivity contribution < 1.29 is 14.4 Å². The Morgan fingerprint density at radius 3 is 2.59 bits per heavy atom. The number of hydrogen-bond donors (Lipinski definition) is 2. The van der Waals surface area contributed by atoms with E-state index < -0.39 is 6.04 Å². The van der Waals surface area contributed by atoms with E-state index in [1.165, 1.54) is 11.3 Å². The molecule has 1 aliphatic rings. The molecule has 3 aromatic rings. The maximum absolute atomic E-state index is 13.2. The Bertz CT molecular complexity index is 1110. The number of thiophene rings is 1. The van der Waals surface area contributed by atoms with Crippen molar-refractivity contribution in [3.05, 3.63) is 82.0 Å². The Labute approximate surface area is 191 Å². The highest BCUT2D eigenvalue weighted by Gasteiger charge is 2.35. The maximum atomic E-state index is 13.2. The number of hydrogen-bond acceptors (Lipinski definition) is 4. The minimum absolute atomic E-state index is 0.110. The second-order valence-electron chi connectivity index (χ2n) is 7.82. The van der Waals surface area contributed by atoms with E-state index in [0.717, 1.165) is 23.2 Å². The van der Waals surface area contributed by atoms with Crippen LogP contribution < -0.4 is 15.5 Å². The summed E-state index contributed by atoms with van der Waals surface area (Å²) >= 11 is 1.45. The number of para-hydroxylation sites is 1. The molecule has 2 N–H and O–H groups in total. The molecule has 1 unspecified atom stereocenters. The van der Waals surface area contributed by atoms with Crippen LogP contribution in [0.1, 0.15) is 34.3 Å². The number of benzene rings is 2. The third-order valence-electron chi connectivity index (χ3n) is 5.55. The van der Waals surface area contributed by atoms with Gasteiger partial charge in [-0.15, -0.1) is 0 Å². The average molecular weight is 448 g/mol. The van der Waals surface area contributed by atoms with E-state index in [1.54, 1.807) is 16.3 Å². The topological polar surface area (TPSA) is 78.5 Å². The summed E-state index contributed by atoms with van der Waals surface area (Å²) in [6, 6.07) is 16.4. The molecule has 1 aromatic heterocycles. The normalized spacial score (nSPS) is 15.0. The summed E-state index contributed by atoms with van der Waals surface area (Å²) in [5, 5.41) is 9.34. The zero-order valence-corrected chi connectivity index (χ0v) is 18.7. The number of nitrogens with zero attached hydrogens (tertiary/aromatic N) is 1. The van der Waals surface area contributed by atoms with Gasteiger partial charge < -0.3 is 10.6 Å². The fraction of sp³-hybridized carbons (Fsp3) is 0.240. The largest absolute Gasteiger partial charge is 0.351 e. The number of anilines is 2. The quantitative estimate of drug-likeness (QED) is 0.596. The first kappa shape index (κ1) is 21.8. The van der Waals surface area contributed by atoms with Gasteiger partial charge in [-0.1, -0.05) is 35.9 Å². The van der Waals surface area contributed by atoms with Crippen molar-refractivity contribution in [1.29, 1.82) is 0 Å². The lowest BCUT2D eigenvalue weighted by Gasteiger charge is -2.36. The summed E-state index contributed by atoms with van der Waals surface area (Å²) < 4.78 is 0. The first-order valence-corrected chi connectivity index (χ1v) is 11.5. The van der Waals surface area contributed by atoms with Crippen LogP contribution in [0.2, 0.25) is 0 Å². The van der Waals surface area contributed by atoms with Crippen LogP contribution in [0, 0.1) is 6.92 Å². The highest BCUT2D eigenvalue weighted by molar-refractivity contribution is 7.08. The number of nitrogens with one attached hydrogen (secondary N) is 2. The number of rotatable bonds is 6. The molecule has 6 nitrogen and oxygen atoms in total. The van der Waals surface area contributed by atoms with Gasteiger partial charge in [0.05, 0.1) is 0 Å². The molecule has 0 saturated carbocycles. The molecule has 7 heteroatoms. The van der Waals surface area contributed by atoms with Crippen molar-refractivity contribution in [1.82, 2.24) is 5.32 Å². The molecule has 0 spiro atoms. The molecule has 164 valence electrons. The summed E-state index contributed by atoms with van der Waals surface area (Å²) in [5.74, 6) is -0.599. The molecule has 1 atom stereocenters. The van der Waals surface area contributed by atoms with Gasteiger partial charge in [-0.3, -0.25) is 19.3 Å². The molecule has 32 heavy (non-hydrogen) atoms. The van der Waals surface area contributed by atoms with Gasteiger partial charge in [0.15, 0.2) is 0 Å². The standard InChI is InChI=1S/C25H25N3O3S/c1-17-6-9-20(10-7-17)27-25(31)22-11-8-18-4-2-3-5-21(18)28(22)23(29)12-14-26-24(30)19-13-15-32-16-19/h2-7,9-10,13,15-16,22H,8,11-12,14H2,1H3,(H,26,30)(H,27,31). The van der Waals surface area contributed by atoms with Gasteiger partial charge in [0.25, 0.3) is 5.91 Å². The second kappa shape index (κ2) is 9.78. The zero-order chi connectivity index (χ0) is 22.5. The smallest absolute Gasteiger partial charge is 0.252 e. The Kier molecular flexibility index (Phi) is 6.66. The monoisotopic (exact) mass is 447 g/mol. The molecule has 2 heterocycles. The second-order valence-corrected chi connectivity index (χ2v) is 8.60. The van der Waals surface area contributed by atoms with Gasteiger partial charge in [-0.25, -0.2) is 0 Å². The van der Waals surface area contributed by atoms with Crippen LogP contribution >= 0.6 is 11.3 Å². The van der Waals surface area contributed by atoms with Crippen LogP contribution in [0.4, 0.5) is 11.4 Å². The van der Waals surface area contributed by atoms with Crippen molar-refractivity contribution in [3.8, 4) is 0 Å². The van der Waals surface area contributed by atoms with Crippen LogP contribution in [0.25, 0.3) is 0 Å². The van der Waals surface area contributed by atoms with Gasteiger partial charge in [0, 0.05) is 35.3 Å². The van der Waals surface area contributed by atoms with Gasteiger partial charge in [-0.2, -0.15) is 11.3 Å². The molecule has 1 aliphatic heterocycles. The number of aryl methyl sites for hydroxylation is 2.